The van der Waals surface area contributed by atoms with Crippen LogP contribution in [0.15, 0.2) is 12.7 Å². The van der Waals surface area contributed by atoms with Crippen molar-refractivity contribution in [1.29, 1.82) is 0 Å². The second kappa shape index (κ2) is 5.84. The predicted octanol–water partition coefficient (Wildman–Crippen LogP) is 1.89. The molecule has 5 atom stereocenters. The third-order valence-corrected chi connectivity index (χ3v) is 3.88. The predicted molar refractivity (Wildman–Crippen MR) is 75.0 cm³/mol. The molecular weight excluding hydrogens is 260 g/mol. The zero-order valence-electron chi connectivity index (χ0n) is 13.2. The van der Waals surface area contributed by atoms with Crippen molar-refractivity contribution >= 4 is 5.97 Å². The second-order valence-electron chi connectivity index (χ2n) is 6.12. The van der Waals surface area contributed by atoms with Gasteiger partial charge < -0.3 is 19.3 Å². The van der Waals surface area contributed by atoms with E-state index < -0.39 is 29.5 Å². The number of hydrogen-bond acceptors (Lipinski definition) is 5. The number of methoxy groups -OCH3 is 1. The summed E-state index contributed by atoms with van der Waals surface area (Å²) in [6.07, 6.45) is 0.540. The average Bonchev–Trinajstić information content (AvgIpc) is 2.39. The first-order valence-corrected chi connectivity index (χ1v) is 6.85. The van der Waals surface area contributed by atoms with Gasteiger partial charge in [-0.3, -0.25) is 4.79 Å². The molecule has 0 bridgehead atoms. The fourth-order valence-corrected chi connectivity index (χ4v) is 2.69. The SMILES string of the molecule is C=C[C@@](C)(O)[C@@H]1OC(C)(C)O[C@H]([C@@H](C)C(=O)OC)[C@@H]1C. The van der Waals surface area contributed by atoms with E-state index in [4.69, 9.17) is 14.2 Å². The molecule has 5 heteroatoms. The Morgan fingerprint density at radius 2 is 2.05 bits per heavy atom. The summed E-state index contributed by atoms with van der Waals surface area (Å²) in [5.41, 5.74) is -1.20. The topological polar surface area (TPSA) is 65.0 Å². The van der Waals surface area contributed by atoms with E-state index in [1.165, 1.54) is 13.2 Å². The number of carbonyl (C=O) groups excluding carboxylic acids is 1. The van der Waals surface area contributed by atoms with Gasteiger partial charge >= 0.3 is 5.97 Å². The van der Waals surface area contributed by atoms with Gasteiger partial charge in [-0.15, -0.1) is 6.58 Å². The Labute approximate surface area is 120 Å². The van der Waals surface area contributed by atoms with E-state index in [2.05, 4.69) is 6.58 Å². The van der Waals surface area contributed by atoms with Crippen LogP contribution in [0, 0.1) is 11.8 Å². The van der Waals surface area contributed by atoms with Crippen molar-refractivity contribution in [1.82, 2.24) is 0 Å². The number of esters is 1. The summed E-state index contributed by atoms with van der Waals surface area (Å²) in [6, 6.07) is 0. The van der Waals surface area contributed by atoms with Crippen LogP contribution >= 0.6 is 0 Å². The number of rotatable bonds is 4. The molecule has 0 saturated carbocycles. The lowest BCUT2D eigenvalue weighted by atomic mass is 9.80. The van der Waals surface area contributed by atoms with E-state index in [9.17, 15) is 9.90 Å². The van der Waals surface area contributed by atoms with Crippen LogP contribution in [-0.2, 0) is 19.0 Å². The van der Waals surface area contributed by atoms with Crippen LogP contribution in [-0.4, -0.2) is 41.8 Å². The third kappa shape index (κ3) is 3.40. The van der Waals surface area contributed by atoms with Crippen molar-refractivity contribution in [2.75, 3.05) is 7.11 Å². The molecule has 5 nitrogen and oxygen atoms in total. The van der Waals surface area contributed by atoms with Crippen LogP contribution in [0.25, 0.3) is 0 Å². The second-order valence-corrected chi connectivity index (χ2v) is 6.12. The summed E-state index contributed by atoms with van der Waals surface area (Å²) in [6.45, 7) is 12.5. The van der Waals surface area contributed by atoms with Gasteiger partial charge in [0.15, 0.2) is 5.79 Å². The van der Waals surface area contributed by atoms with Crippen molar-refractivity contribution in [3.63, 3.8) is 0 Å². The summed E-state index contributed by atoms with van der Waals surface area (Å²) in [5.74, 6) is -1.86. The smallest absolute Gasteiger partial charge is 0.311 e. The molecule has 20 heavy (non-hydrogen) atoms. The maximum Gasteiger partial charge on any atom is 0.311 e. The molecule has 1 N–H and O–H groups in total. The number of hydrogen-bond donors (Lipinski definition) is 1. The fourth-order valence-electron chi connectivity index (χ4n) is 2.69. The monoisotopic (exact) mass is 286 g/mol. The molecule has 0 spiro atoms. The highest BCUT2D eigenvalue weighted by Gasteiger charge is 2.50. The van der Waals surface area contributed by atoms with Crippen molar-refractivity contribution in [3.8, 4) is 0 Å². The average molecular weight is 286 g/mol. The Morgan fingerprint density at radius 3 is 2.50 bits per heavy atom. The minimum atomic E-state index is -1.20. The standard InChI is InChI=1S/C15H26O5/c1-8-15(6,17)12-9(2)11(10(3)13(16)18-7)19-14(4,5)20-12/h8-12,17H,1H2,2-7H3/t9-,10+,11-,12+,15+/m0/s1. The van der Waals surface area contributed by atoms with Crippen molar-refractivity contribution in [2.24, 2.45) is 11.8 Å². The van der Waals surface area contributed by atoms with Crippen molar-refractivity contribution in [2.45, 2.75) is 58.2 Å². The Morgan fingerprint density at radius 1 is 1.50 bits per heavy atom. The first-order chi connectivity index (χ1) is 9.05. The number of carbonyl (C=O) groups is 1. The van der Waals surface area contributed by atoms with Gasteiger partial charge in [0.05, 0.1) is 25.2 Å². The lowest BCUT2D eigenvalue weighted by molar-refractivity contribution is -0.344. The minimum Gasteiger partial charge on any atom is -0.469 e. The number of ether oxygens (including phenoxy) is 3. The molecule has 0 aromatic heterocycles. The molecule has 116 valence electrons. The molecule has 0 aliphatic carbocycles. The molecule has 0 aromatic carbocycles. The molecule has 1 aliphatic rings. The molecule has 1 rings (SSSR count). The normalized spacial score (nSPS) is 33.9. The van der Waals surface area contributed by atoms with Crippen LogP contribution in [0.3, 0.4) is 0 Å². The molecule has 1 saturated heterocycles. The summed E-state index contributed by atoms with van der Waals surface area (Å²) < 4.78 is 16.5. The maximum absolute atomic E-state index is 11.8. The summed E-state index contributed by atoms with van der Waals surface area (Å²) >= 11 is 0. The van der Waals surface area contributed by atoms with Crippen molar-refractivity contribution in [3.05, 3.63) is 12.7 Å². The molecule has 0 radical (unpaired) electrons. The highest BCUT2D eigenvalue weighted by Crippen LogP contribution is 2.39. The van der Waals surface area contributed by atoms with Gasteiger partial charge in [-0.05, 0) is 27.7 Å². The molecule has 1 aliphatic heterocycles. The Balaban J connectivity index is 3.07. The van der Waals surface area contributed by atoms with Gasteiger partial charge in [-0.25, -0.2) is 0 Å². The highest BCUT2D eigenvalue weighted by atomic mass is 16.7. The van der Waals surface area contributed by atoms with E-state index in [0.717, 1.165) is 0 Å². The summed E-state index contributed by atoms with van der Waals surface area (Å²) in [7, 11) is 1.35. The van der Waals surface area contributed by atoms with Crippen LogP contribution in [0.4, 0.5) is 0 Å². The Kier molecular flexibility index (Phi) is 5.00. The van der Waals surface area contributed by atoms with E-state index in [1.807, 2.05) is 6.92 Å². The summed E-state index contributed by atoms with van der Waals surface area (Å²) in [5, 5.41) is 10.4. The maximum atomic E-state index is 11.8. The van der Waals surface area contributed by atoms with Crippen LogP contribution < -0.4 is 0 Å². The molecule has 0 unspecified atom stereocenters. The first-order valence-electron chi connectivity index (χ1n) is 6.85. The molecule has 1 heterocycles. The third-order valence-electron chi connectivity index (χ3n) is 3.88. The van der Waals surface area contributed by atoms with Crippen LogP contribution in [0.5, 0.6) is 0 Å². The summed E-state index contributed by atoms with van der Waals surface area (Å²) in [4.78, 5) is 11.8. The molecule has 1 fully saturated rings. The minimum absolute atomic E-state index is 0.190. The van der Waals surface area contributed by atoms with Crippen LogP contribution in [0.2, 0.25) is 0 Å². The van der Waals surface area contributed by atoms with Gasteiger partial charge in [-0.2, -0.15) is 0 Å². The van der Waals surface area contributed by atoms with Gasteiger partial charge in [0.25, 0.3) is 0 Å². The van der Waals surface area contributed by atoms with E-state index in [1.54, 1.807) is 27.7 Å². The van der Waals surface area contributed by atoms with Crippen molar-refractivity contribution < 1.29 is 24.1 Å². The molecule has 0 amide bonds. The Bertz CT molecular complexity index is 374. The molecule has 0 aromatic rings. The Hall–Kier alpha value is -0.910. The van der Waals surface area contributed by atoms with E-state index in [0.29, 0.717) is 0 Å². The lowest BCUT2D eigenvalue weighted by Gasteiger charge is -2.49. The fraction of sp³-hybridized carbons (Fsp3) is 0.800. The van der Waals surface area contributed by atoms with Crippen LogP contribution in [0.1, 0.15) is 34.6 Å². The quantitative estimate of drug-likeness (QED) is 0.631. The van der Waals surface area contributed by atoms with Gasteiger partial charge in [-0.1, -0.05) is 13.0 Å². The molecular formula is C15H26O5. The zero-order chi connectivity index (χ0) is 15.7. The van der Waals surface area contributed by atoms with E-state index >= 15 is 0 Å². The highest BCUT2D eigenvalue weighted by molar-refractivity contribution is 5.72. The van der Waals surface area contributed by atoms with Gasteiger partial charge in [0, 0.05) is 5.92 Å². The zero-order valence-corrected chi connectivity index (χ0v) is 13.2. The van der Waals surface area contributed by atoms with Gasteiger partial charge in [0.2, 0.25) is 0 Å². The van der Waals surface area contributed by atoms with Gasteiger partial charge in [0.1, 0.15) is 5.60 Å². The van der Waals surface area contributed by atoms with E-state index in [-0.39, 0.29) is 11.9 Å². The first kappa shape index (κ1) is 17.1. The lowest BCUT2D eigenvalue weighted by Crippen LogP contribution is -2.59. The number of aliphatic hydroxyl groups is 1. The largest absolute Gasteiger partial charge is 0.469 e.